The van der Waals surface area contributed by atoms with Crippen LogP contribution in [-0.2, 0) is 6.61 Å². The quantitative estimate of drug-likeness (QED) is 0.839. The third kappa shape index (κ3) is 3.79. The Morgan fingerprint density at radius 1 is 1.10 bits per heavy atom. The molecule has 0 unspecified atom stereocenters. The third-order valence-corrected chi connectivity index (χ3v) is 3.74. The Hall–Kier alpha value is -1.49. The van der Waals surface area contributed by atoms with Crippen molar-refractivity contribution in [1.82, 2.24) is 0 Å². The predicted octanol–water partition coefficient (Wildman–Crippen LogP) is 5.06. The van der Waals surface area contributed by atoms with E-state index in [1.54, 1.807) is 12.1 Å². The fourth-order valence-electron chi connectivity index (χ4n) is 1.59. The average molecular weight is 350 g/mol. The molecule has 0 saturated carbocycles. The van der Waals surface area contributed by atoms with Gasteiger partial charge in [0.2, 0.25) is 0 Å². The zero-order chi connectivity index (χ0) is 15.6. The number of ether oxygens (including phenoxy) is 1. The monoisotopic (exact) mass is 348 g/mol. The summed E-state index contributed by atoms with van der Waals surface area (Å²) in [5.41, 5.74) is -0.163. The molecule has 3 nitrogen and oxygen atoms in total. The Labute approximate surface area is 134 Å². The Morgan fingerprint density at radius 2 is 1.81 bits per heavy atom. The van der Waals surface area contributed by atoms with E-state index in [1.807, 2.05) is 0 Å². The summed E-state index contributed by atoms with van der Waals surface area (Å²) in [6, 6.07) is 6.76. The molecule has 2 rings (SSSR count). The highest BCUT2D eigenvalue weighted by atomic mass is 35.5. The second kappa shape index (κ2) is 6.52. The molecular formula is C14H8Cl3FO3. The summed E-state index contributed by atoms with van der Waals surface area (Å²) >= 11 is 17.5. The fourth-order valence-corrected chi connectivity index (χ4v) is 2.10. The van der Waals surface area contributed by atoms with E-state index >= 15 is 0 Å². The van der Waals surface area contributed by atoms with Crippen LogP contribution in [0.25, 0.3) is 0 Å². The summed E-state index contributed by atoms with van der Waals surface area (Å²) in [6.45, 7) is -0.0341. The van der Waals surface area contributed by atoms with E-state index in [-0.39, 0.29) is 11.6 Å². The van der Waals surface area contributed by atoms with Crippen LogP contribution in [0.1, 0.15) is 15.9 Å². The number of carboxylic acid groups (broad SMARTS) is 1. The van der Waals surface area contributed by atoms with Crippen LogP contribution in [0.4, 0.5) is 4.39 Å². The van der Waals surface area contributed by atoms with Gasteiger partial charge in [-0.1, -0.05) is 34.8 Å². The van der Waals surface area contributed by atoms with Crippen molar-refractivity contribution in [3.8, 4) is 5.75 Å². The molecule has 0 aliphatic rings. The van der Waals surface area contributed by atoms with Crippen LogP contribution in [0.3, 0.4) is 0 Å². The molecule has 7 heteroatoms. The van der Waals surface area contributed by atoms with Crippen molar-refractivity contribution in [2.45, 2.75) is 6.61 Å². The van der Waals surface area contributed by atoms with Gasteiger partial charge < -0.3 is 9.84 Å². The molecule has 0 heterocycles. The van der Waals surface area contributed by atoms with Crippen molar-refractivity contribution in [2.75, 3.05) is 0 Å². The lowest BCUT2D eigenvalue weighted by molar-refractivity contribution is 0.0692. The van der Waals surface area contributed by atoms with Gasteiger partial charge in [0.15, 0.2) is 0 Å². The maximum Gasteiger partial charge on any atom is 0.338 e. The standard InChI is InChI=1S/C14H8Cl3FO3/c15-10-2-1-8(4-12(10)17)21-6-7-3-13(18)9(14(19)20)5-11(7)16/h1-5H,6H2,(H,19,20). The Kier molecular flexibility index (Phi) is 4.93. The van der Waals surface area contributed by atoms with Gasteiger partial charge in [0.1, 0.15) is 18.2 Å². The first-order valence-corrected chi connectivity index (χ1v) is 6.81. The van der Waals surface area contributed by atoms with E-state index in [0.29, 0.717) is 21.4 Å². The van der Waals surface area contributed by atoms with Gasteiger partial charge in [-0.25, -0.2) is 9.18 Å². The van der Waals surface area contributed by atoms with Crippen LogP contribution < -0.4 is 4.74 Å². The second-order valence-electron chi connectivity index (χ2n) is 4.09. The van der Waals surface area contributed by atoms with Crippen LogP contribution in [0.2, 0.25) is 15.1 Å². The number of rotatable bonds is 4. The normalized spacial score (nSPS) is 10.5. The molecule has 0 fully saturated rings. The van der Waals surface area contributed by atoms with E-state index < -0.39 is 17.3 Å². The molecule has 2 aromatic rings. The smallest absolute Gasteiger partial charge is 0.338 e. The molecule has 0 aliphatic heterocycles. The summed E-state index contributed by atoms with van der Waals surface area (Å²) in [7, 11) is 0. The van der Waals surface area contributed by atoms with E-state index in [2.05, 4.69) is 0 Å². The van der Waals surface area contributed by atoms with Crippen LogP contribution in [0.5, 0.6) is 5.75 Å². The van der Waals surface area contributed by atoms with Gasteiger partial charge in [-0.15, -0.1) is 0 Å². The highest BCUT2D eigenvalue weighted by Crippen LogP contribution is 2.28. The molecule has 0 atom stereocenters. The van der Waals surface area contributed by atoms with Crippen LogP contribution in [-0.4, -0.2) is 11.1 Å². The maximum atomic E-state index is 13.6. The largest absolute Gasteiger partial charge is 0.489 e. The molecule has 0 bridgehead atoms. The van der Waals surface area contributed by atoms with Gasteiger partial charge in [-0.3, -0.25) is 0 Å². The molecule has 0 aliphatic carbocycles. The molecule has 21 heavy (non-hydrogen) atoms. The first-order valence-electron chi connectivity index (χ1n) is 5.67. The van der Waals surface area contributed by atoms with Gasteiger partial charge >= 0.3 is 5.97 Å². The average Bonchev–Trinajstić information content (AvgIpc) is 2.42. The Balaban J connectivity index is 2.18. The van der Waals surface area contributed by atoms with Gasteiger partial charge in [0, 0.05) is 16.7 Å². The number of carbonyl (C=O) groups is 1. The predicted molar refractivity (Wildman–Crippen MR) is 79.2 cm³/mol. The highest BCUT2D eigenvalue weighted by molar-refractivity contribution is 6.42. The molecule has 0 saturated heterocycles. The molecular weight excluding hydrogens is 342 g/mol. The molecule has 0 amide bonds. The lowest BCUT2D eigenvalue weighted by Gasteiger charge is -2.10. The first-order chi connectivity index (χ1) is 9.88. The van der Waals surface area contributed by atoms with Crippen molar-refractivity contribution in [3.05, 3.63) is 62.3 Å². The summed E-state index contributed by atoms with van der Waals surface area (Å²) in [5, 5.41) is 9.61. The number of hydrogen-bond donors (Lipinski definition) is 1. The Morgan fingerprint density at radius 3 is 2.43 bits per heavy atom. The zero-order valence-corrected chi connectivity index (χ0v) is 12.6. The van der Waals surface area contributed by atoms with Crippen LogP contribution in [0, 0.1) is 5.82 Å². The number of hydrogen-bond acceptors (Lipinski definition) is 2. The van der Waals surface area contributed by atoms with Crippen LogP contribution in [0.15, 0.2) is 30.3 Å². The van der Waals surface area contributed by atoms with Crippen molar-refractivity contribution < 1.29 is 19.0 Å². The SMILES string of the molecule is O=C(O)c1cc(Cl)c(COc2ccc(Cl)c(Cl)c2)cc1F. The lowest BCUT2D eigenvalue weighted by atomic mass is 10.1. The summed E-state index contributed by atoms with van der Waals surface area (Å²) in [5.74, 6) is -1.82. The lowest BCUT2D eigenvalue weighted by Crippen LogP contribution is -2.04. The van der Waals surface area contributed by atoms with Crippen molar-refractivity contribution in [1.29, 1.82) is 0 Å². The first kappa shape index (κ1) is 15.9. The molecule has 0 spiro atoms. The molecule has 110 valence electrons. The minimum absolute atomic E-state index is 0.0341. The molecule has 1 N–H and O–H groups in total. The van der Waals surface area contributed by atoms with Crippen LogP contribution >= 0.6 is 34.8 Å². The molecule has 2 aromatic carbocycles. The van der Waals surface area contributed by atoms with E-state index in [0.717, 1.165) is 12.1 Å². The molecule has 0 aromatic heterocycles. The fraction of sp³-hybridized carbons (Fsp3) is 0.0714. The summed E-state index contributed by atoms with van der Waals surface area (Å²) < 4.78 is 19.0. The maximum absolute atomic E-state index is 13.6. The highest BCUT2D eigenvalue weighted by Gasteiger charge is 2.14. The Bertz CT molecular complexity index is 704. The van der Waals surface area contributed by atoms with Gasteiger partial charge in [-0.05, 0) is 24.3 Å². The van der Waals surface area contributed by atoms with Crippen molar-refractivity contribution in [2.24, 2.45) is 0 Å². The van der Waals surface area contributed by atoms with Crippen molar-refractivity contribution in [3.63, 3.8) is 0 Å². The summed E-state index contributed by atoms with van der Waals surface area (Å²) in [6.07, 6.45) is 0. The van der Waals surface area contributed by atoms with E-state index in [9.17, 15) is 9.18 Å². The third-order valence-electron chi connectivity index (χ3n) is 2.65. The van der Waals surface area contributed by atoms with Crippen molar-refractivity contribution >= 4 is 40.8 Å². The van der Waals surface area contributed by atoms with Gasteiger partial charge in [0.25, 0.3) is 0 Å². The van der Waals surface area contributed by atoms with E-state index in [1.165, 1.54) is 6.07 Å². The minimum Gasteiger partial charge on any atom is -0.489 e. The number of carboxylic acids is 1. The van der Waals surface area contributed by atoms with Gasteiger partial charge in [-0.2, -0.15) is 0 Å². The topological polar surface area (TPSA) is 46.5 Å². The van der Waals surface area contributed by atoms with Gasteiger partial charge in [0.05, 0.1) is 15.6 Å². The zero-order valence-electron chi connectivity index (χ0n) is 10.4. The summed E-state index contributed by atoms with van der Waals surface area (Å²) in [4.78, 5) is 10.8. The second-order valence-corrected chi connectivity index (χ2v) is 5.31. The minimum atomic E-state index is -1.38. The number of aromatic carboxylic acids is 1. The molecule has 0 radical (unpaired) electrons. The van der Waals surface area contributed by atoms with E-state index in [4.69, 9.17) is 44.6 Å². The number of benzene rings is 2. The number of halogens is 4.